The van der Waals surface area contributed by atoms with E-state index in [4.69, 9.17) is 0 Å². The molecule has 0 aromatic rings. The fourth-order valence-electron chi connectivity index (χ4n) is 1.19. The Morgan fingerprint density at radius 2 is 2.36 bits per heavy atom. The Morgan fingerprint density at radius 1 is 1.73 bits per heavy atom. The van der Waals surface area contributed by atoms with E-state index in [9.17, 15) is 10.1 Å². The third kappa shape index (κ3) is 2.03. The molecule has 0 aliphatic heterocycles. The van der Waals surface area contributed by atoms with Crippen LogP contribution in [0.4, 0.5) is 0 Å². The van der Waals surface area contributed by atoms with E-state index in [1.807, 2.05) is 13.0 Å². The lowest BCUT2D eigenvalue weighted by molar-refractivity contribution is -0.428. The predicted molar refractivity (Wildman–Crippen MR) is 42.7 cm³/mol. The maximum absolute atomic E-state index is 10.3. The summed E-state index contributed by atoms with van der Waals surface area (Å²) in [7, 11) is 0. The number of allylic oxidation sites excluding steroid dienone is 2. The van der Waals surface area contributed by atoms with E-state index in [1.54, 1.807) is 0 Å². The van der Waals surface area contributed by atoms with Gasteiger partial charge in [0.15, 0.2) is 0 Å². The summed E-state index contributed by atoms with van der Waals surface area (Å²) in [6.45, 7) is 1.83. The molecule has 0 aromatic carbocycles. The molecular formula is C8H13NO2. The van der Waals surface area contributed by atoms with Crippen molar-refractivity contribution in [3.63, 3.8) is 0 Å². The summed E-state index contributed by atoms with van der Waals surface area (Å²) < 4.78 is 0. The Bertz CT molecular complexity index is 183. The lowest BCUT2D eigenvalue weighted by atomic mass is 9.85. The van der Waals surface area contributed by atoms with Crippen LogP contribution in [0, 0.1) is 16.0 Å². The van der Waals surface area contributed by atoms with Gasteiger partial charge in [0.2, 0.25) is 5.70 Å². The predicted octanol–water partition coefficient (Wildman–Crippen LogP) is 2.36. The van der Waals surface area contributed by atoms with Crippen LogP contribution in [0.15, 0.2) is 11.8 Å². The molecule has 11 heavy (non-hydrogen) atoms. The summed E-state index contributed by atoms with van der Waals surface area (Å²) >= 11 is 0. The van der Waals surface area contributed by atoms with Gasteiger partial charge in [-0.1, -0.05) is 13.3 Å². The Morgan fingerprint density at radius 3 is 2.64 bits per heavy atom. The lowest BCUT2D eigenvalue weighted by Crippen LogP contribution is -2.10. The van der Waals surface area contributed by atoms with Crippen molar-refractivity contribution in [3.05, 3.63) is 21.9 Å². The van der Waals surface area contributed by atoms with Gasteiger partial charge in [-0.05, 0) is 24.8 Å². The molecular weight excluding hydrogens is 142 g/mol. The monoisotopic (exact) mass is 155 g/mol. The van der Waals surface area contributed by atoms with Crippen molar-refractivity contribution in [1.82, 2.24) is 0 Å². The third-order valence-electron chi connectivity index (χ3n) is 2.17. The normalized spacial score (nSPS) is 19.5. The SMILES string of the molecule is CCC(=CC1CCC1)[N+](=O)[O-]. The minimum absolute atomic E-state index is 0.266. The molecule has 1 aliphatic rings. The highest BCUT2D eigenvalue weighted by Gasteiger charge is 2.18. The smallest absolute Gasteiger partial charge is 0.242 e. The number of rotatable bonds is 3. The van der Waals surface area contributed by atoms with E-state index >= 15 is 0 Å². The van der Waals surface area contributed by atoms with Crippen LogP contribution >= 0.6 is 0 Å². The summed E-state index contributed by atoms with van der Waals surface area (Å²) in [6, 6.07) is 0. The largest absolute Gasteiger partial charge is 0.259 e. The number of hydrogen-bond acceptors (Lipinski definition) is 2. The summed E-state index contributed by atoms with van der Waals surface area (Å²) in [4.78, 5) is 10.1. The highest BCUT2D eigenvalue weighted by atomic mass is 16.6. The molecule has 0 N–H and O–H groups in total. The Balaban J connectivity index is 2.51. The summed E-state index contributed by atoms with van der Waals surface area (Å²) in [6.07, 6.45) is 5.87. The molecule has 0 spiro atoms. The van der Waals surface area contributed by atoms with Gasteiger partial charge in [-0.3, -0.25) is 10.1 Å². The topological polar surface area (TPSA) is 43.1 Å². The van der Waals surface area contributed by atoms with Gasteiger partial charge in [0, 0.05) is 6.42 Å². The zero-order valence-electron chi connectivity index (χ0n) is 6.75. The van der Waals surface area contributed by atoms with Crippen molar-refractivity contribution in [2.45, 2.75) is 32.6 Å². The van der Waals surface area contributed by atoms with E-state index in [0.29, 0.717) is 18.0 Å². The van der Waals surface area contributed by atoms with E-state index in [1.165, 1.54) is 6.42 Å². The second-order valence-corrected chi connectivity index (χ2v) is 2.96. The van der Waals surface area contributed by atoms with Gasteiger partial charge in [0.25, 0.3) is 0 Å². The second kappa shape index (κ2) is 3.51. The highest BCUT2D eigenvalue weighted by molar-refractivity contribution is 4.98. The van der Waals surface area contributed by atoms with Crippen molar-refractivity contribution in [1.29, 1.82) is 0 Å². The Hall–Kier alpha value is -0.860. The summed E-state index contributed by atoms with van der Waals surface area (Å²) in [5, 5.41) is 10.3. The fourth-order valence-corrected chi connectivity index (χ4v) is 1.19. The maximum Gasteiger partial charge on any atom is 0.242 e. The van der Waals surface area contributed by atoms with Crippen LogP contribution in [0.25, 0.3) is 0 Å². The second-order valence-electron chi connectivity index (χ2n) is 2.96. The molecule has 1 aliphatic carbocycles. The van der Waals surface area contributed by atoms with Gasteiger partial charge in [-0.25, -0.2) is 0 Å². The summed E-state index contributed by atoms with van der Waals surface area (Å²) in [5.74, 6) is 0.496. The molecule has 62 valence electrons. The van der Waals surface area contributed by atoms with Crippen molar-refractivity contribution in [2.75, 3.05) is 0 Å². The first-order chi connectivity index (χ1) is 5.24. The minimum atomic E-state index is -0.266. The number of nitrogens with zero attached hydrogens (tertiary/aromatic N) is 1. The highest BCUT2D eigenvalue weighted by Crippen LogP contribution is 2.28. The molecule has 0 unspecified atom stereocenters. The van der Waals surface area contributed by atoms with Crippen molar-refractivity contribution in [2.24, 2.45) is 5.92 Å². The van der Waals surface area contributed by atoms with Crippen molar-refractivity contribution >= 4 is 0 Å². The van der Waals surface area contributed by atoms with E-state index in [-0.39, 0.29) is 4.92 Å². The van der Waals surface area contributed by atoms with Crippen LogP contribution in [0.1, 0.15) is 32.6 Å². The van der Waals surface area contributed by atoms with Gasteiger partial charge in [0.1, 0.15) is 0 Å². The molecule has 1 saturated carbocycles. The molecule has 0 saturated heterocycles. The van der Waals surface area contributed by atoms with Gasteiger partial charge >= 0.3 is 0 Å². The molecule has 0 amide bonds. The zero-order chi connectivity index (χ0) is 8.27. The van der Waals surface area contributed by atoms with Crippen LogP contribution in [-0.4, -0.2) is 4.92 Å². The Kier molecular flexibility index (Phi) is 2.63. The van der Waals surface area contributed by atoms with Crippen molar-refractivity contribution < 1.29 is 4.92 Å². The van der Waals surface area contributed by atoms with Crippen LogP contribution < -0.4 is 0 Å². The van der Waals surface area contributed by atoms with Crippen molar-refractivity contribution in [3.8, 4) is 0 Å². The molecule has 1 fully saturated rings. The minimum Gasteiger partial charge on any atom is -0.259 e. The van der Waals surface area contributed by atoms with E-state index in [0.717, 1.165) is 12.8 Å². The first-order valence-electron chi connectivity index (χ1n) is 4.09. The average Bonchev–Trinajstić information content (AvgIpc) is 1.85. The zero-order valence-corrected chi connectivity index (χ0v) is 6.75. The van der Waals surface area contributed by atoms with Gasteiger partial charge in [-0.2, -0.15) is 0 Å². The Labute approximate surface area is 66.3 Å². The van der Waals surface area contributed by atoms with E-state index < -0.39 is 0 Å². The lowest BCUT2D eigenvalue weighted by Gasteiger charge is -2.20. The van der Waals surface area contributed by atoms with Gasteiger partial charge in [0.05, 0.1) is 4.92 Å². The van der Waals surface area contributed by atoms with Crippen LogP contribution in [0.2, 0.25) is 0 Å². The standard InChI is InChI=1S/C8H13NO2/c1-2-8(9(10)11)6-7-4-3-5-7/h6-7H,2-5H2,1H3. The average molecular weight is 155 g/mol. The number of hydrogen-bond donors (Lipinski definition) is 0. The van der Waals surface area contributed by atoms with Gasteiger partial charge in [-0.15, -0.1) is 0 Å². The number of nitro groups is 1. The van der Waals surface area contributed by atoms with Crippen LogP contribution in [-0.2, 0) is 0 Å². The van der Waals surface area contributed by atoms with E-state index in [2.05, 4.69) is 0 Å². The molecule has 0 heterocycles. The maximum atomic E-state index is 10.3. The first kappa shape index (κ1) is 8.24. The fraction of sp³-hybridized carbons (Fsp3) is 0.750. The third-order valence-corrected chi connectivity index (χ3v) is 2.17. The molecule has 0 aromatic heterocycles. The van der Waals surface area contributed by atoms with Crippen LogP contribution in [0.5, 0.6) is 0 Å². The molecule has 0 atom stereocenters. The van der Waals surface area contributed by atoms with Crippen LogP contribution in [0.3, 0.4) is 0 Å². The molecule has 1 rings (SSSR count). The first-order valence-corrected chi connectivity index (χ1v) is 4.09. The quantitative estimate of drug-likeness (QED) is 0.463. The van der Waals surface area contributed by atoms with Gasteiger partial charge < -0.3 is 0 Å². The summed E-state index contributed by atoms with van der Waals surface area (Å²) in [5.41, 5.74) is 0.384. The molecule has 3 nitrogen and oxygen atoms in total. The molecule has 0 radical (unpaired) electrons. The molecule has 0 bridgehead atoms. The molecule has 3 heteroatoms.